The van der Waals surface area contributed by atoms with Crippen LogP contribution in [0.15, 0.2) is 0 Å². The molecule has 6 nitrogen and oxygen atoms in total. The normalized spacial score (nSPS) is 10.0. The second kappa shape index (κ2) is 9.75. The Balaban J connectivity index is 2.95. The Labute approximate surface area is 79.8 Å². The Kier molecular flexibility index (Phi) is 9.49. The van der Waals surface area contributed by atoms with Crippen LogP contribution in [0.1, 0.15) is 25.7 Å². The maximum atomic E-state index is 10.4. The second-order valence-electron chi connectivity index (χ2n) is 2.24. The lowest BCUT2D eigenvalue weighted by molar-refractivity contribution is -0.432. The van der Waals surface area contributed by atoms with Crippen molar-refractivity contribution in [2.75, 3.05) is 5.75 Å². The monoisotopic (exact) mass is 212 g/mol. The van der Waals surface area contributed by atoms with E-state index in [4.69, 9.17) is 10.5 Å². The highest BCUT2D eigenvalue weighted by Crippen LogP contribution is 2.08. The smallest absolute Gasteiger partial charge is 0.301 e. The molecule has 0 bridgehead atoms. The zero-order valence-corrected chi connectivity index (χ0v) is 7.79. The fraction of sp³-hybridized carbons (Fsp3) is 0.833. The molecule has 0 aliphatic carbocycles. The zero-order chi connectivity index (χ0) is 9.94. The molecule has 0 unspecified atom stereocenters. The van der Waals surface area contributed by atoms with E-state index in [0.29, 0.717) is 12.2 Å². The molecule has 0 aromatic rings. The van der Waals surface area contributed by atoms with E-state index in [0.717, 1.165) is 24.9 Å². The van der Waals surface area contributed by atoms with Crippen LogP contribution in [0.5, 0.6) is 0 Å². The van der Waals surface area contributed by atoms with Crippen molar-refractivity contribution >= 4 is 18.0 Å². The average molecular weight is 212 g/mol. The van der Waals surface area contributed by atoms with E-state index in [-0.39, 0.29) is 6.42 Å². The quantitative estimate of drug-likeness (QED) is 0.274. The van der Waals surface area contributed by atoms with E-state index in [9.17, 15) is 4.79 Å². The van der Waals surface area contributed by atoms with Crippen molar-refractivity contribution in [3.05, 3.63) is 0 Å². The maximum absolute atomic E-state index is 10.4. The van der Waals surface area contributed by atoms with Crippen molar-refractivity contribution in [2.24, 2.45) is 0 Å². The average Bonchev–Trinajstić information content (AvgIpc) is 2.16. The van der Waals surface area contributed by atoms with Crippen LogP contribution >= 0.6 is 12.0 Å². The van der Waals surface area contributed by atoms with Crippen LogP contribution in [0.4, 0.5) is 0 Å². The van der Waals surface area contributed by atoms with Crippen LogP contribution in [0.3, 0.4) is 0 Å². The first kappa shape index (κ1) is 12.7. The Morgan fingerprint density at radius 3 is 2.62 bits per heavy atom. The lowest BCUT2D eigenvalue weighted by Gasteiger charge is -1.98. The molecule has 0 amide bonds. The van der Waals surface area contributed by atoms with E-state index >= 15 is 0 Å². The van der Waals surface area contributed by atoms with Crippen molar-refractivity contribution in [1.29, 1.82) is 0 Å². The summed E-state index contributed by atoms with van der Waals surface area (Å²) in [4.78, 5) is 13.9. The first-order valence-electron chi connectivity index (χ1n) is 3.75. The fourth-order valence-electron chi connectivity index (χ4n) is 0.708. The minimum absolute atomic E-state index is 0.207. The number of carbonyl (C=O) groups excluding carboxylic acids is 1. The van der Waals surface area contributed by atoms with Gasteiger partial charge >= 0.3 is 5.97 Å². The molecule has 0 saturated carbocycles. The highest BCUT2D eigenvalue weighted by molar-refractivity contribution is 7.94. The minimum Gasteiger partial charge on any atom is -0.301 e. The summed E-state index contributed by atoms with van der Waals surface area (Å²) in [5.41, 5.74) is 0. The van der Waals surface area contributed by atoms with Crippen LogP contribution in [0, 0.1) is 0 Å². The molecule has 0 aliphatic heterocycles. The summed E-state index contributed by atoms with van der Waals surface area (Å²) in [6, 6.07) is 0. The summed E-state index contributed by atoms with van der Waals surface area (Å²) in [5, 5.41) is 19.0. The van der Waals surface area contributed by atoms with Crippen molar-refractivity contribution in [3.8, 4) is 0 Å². The van der Waals surface area contributed by atoms with Gasteiger partial charge in [-0.3, -0.25) is 0 Å². The third-order valence-electron chi connectivity index (χ3n) is 1.29. The molecule has 78 valence electrons. The first-order valence-corrected chi connectivity index (χ1v) is 4.66. The molecule has 13 heavy (non-hydrogen) atoms. The number of carbonyl (C=O) groups is 1. The number of hydrogen-bond acceptors (Lipinski definition) is 7. The Bertz CT molecular complexity index is 130. The van der Waals surface area contributed by atoms with Crippen molar-refractivity contribution in [3.63, 3.8) is 0 Å². The molecule has 0 heterocycles. The highest BCUT2D eigenvalue weighted by Gasteiger charge is 2.00. The number of hydrogen-bond donors (Lipinski definition) is 2. The summed E-state index contributed by atoms with van der Waals surface area (Å²) in [6.07, 6.45) is 2.50. The van der Waals surface area contributed by atoms with Crippen LogP contribution in [-0.4, -0.2) is 22.2 Å². The maximum Gasteiger partial charge on any atom is 0.342 e. The van der Waals surface area contributed by atoms with Crippen LogP contribution < -0.4 is 0 Å². The van der Waals surface area contributed by atoms with Gasteiger partial charge in [0, 0.05) is 24.2 Å². The van der Waals surface area contributed by atoms with Gasteiger partial charge in [-0.1, -0.05) is 11.5 Å². The summed E-state index contributed by atoms with van der Waals surface area (Å²) >= 11 is 0.980. The molecule has 0 aliphatic rings. The van der Waals surface area contributed by atoms with E-state index in [2.05, 4.69) is 14.3 Å². The molecule has 0 fully saturated rings. The van der Waals surface area contributed by atoms with Gasteiger partial charge in [0.2, 0.25) is 0 Å². The van der Waals surface area contributed by atoms with Gasteiger partial charge < -0.3 is 4.89 Å². The van der Waals surface area contributed by atoms with Crippen molar-refractivity contribution in [2.45, 2.75) is 25.7 Å². The van der Waals surface area contributed by atoms with Gasteiger partial charge in [0.15, 0.2) is 0 Å². The van der Waals surface area contributed by atoms with Gasteiger partial charge in [-0.25, -0.2) is 10.1 Å². The molecule has 7 heteroatoms. The largest absolute Gasteiger partial charge is 0.342 e. The topological polar surface area (TPSA) is 85.2 Å². The fourth-order valence-corrected chi connectivity index (χ4v) is 1.14. The van der Waals surface area contributed by atoms with E-state index in [1.807, 2.05) is 0 Å². The summed E-state index contributed by atoms with van der Waals surface area (Å²) in [7, 11) is 0. The molecular formula is C6H12O6S. The molecule has 0 aromatic carbocycles. The third kappa shape index (κ3) is 9.57. The van der Waals surface area contributed by atoms with E-state index in [1.165, 1.54) is 0 Å². The molecule has 0 radical (unpaired) electrons. The standard InChI is InChI=1S/C6H12O6S/c7-6(10-8)4-2-1-3-5-13-12-11-9/h8-9H,1-5H2. The lowest BCUT2D eigenvalue weighted by Crippen LogP contribution is -1.99. The Morgan fingerprint density at radius 2 is 2.00 bits per heavy atom. The van der Waals surface area contributed by atoms with Crippen LogP contribution in [-0.2, 0) is 19.1 Å². The molecule has 0 atom stereocenters. The van der Waals surface area contributed by atoms with Gasteiger partial charge in [-0.15, -0.1) is 4.33 Å². The van der Waals surface area contributed by atoms with Gasteiger partial charge in [-0.05, 0) is 12.8 Å². The predicted octanol–water partition coefficient (Wildman–Crippen LogP) is 1.63. The minimum atomic E-state index is -0.623. The van der Waals surface area contributed by atoms with Crippen molar-refractivity contribution in [1.82, 2.24) is 0 Å². The Hall–Kier alpha value is -0.340. The molecule has 0 aromatic heterocycles. The van der Waals surface area contributed by atoms with Crippen LogP contribution in [0.2, 0.25) is 0 Å². The summed E-state index contributed by atoms with van der Waals surface area (Å²) in [5.74, 6) is 0.0388. The van der Waals surface area contributed by atoms with Gasteiger partial charge in [0.1, 0.15) is 0 Å². The number of unbranched alkanes of at least 4 members (excludes halogenated alkanes) is 2. The zero-order valence-electron chi connectivity index (χ0n) is 6.97. The van der Waals surface area contributed by atoms with Gasteiger partial charge in [0.25, 0.3) is 0 Å². The summed E-state index contributed by atoms with van der Waals surface area (Å²) < 4.78 is 4.12. The SMILES string of the molecule is O=C(CCCCCSOOO)OO. The highest BCUT2D eigenvalue weighted by atomic mass is 32.2. The lowest BCUT2D eigenvalue weighted by atomic mass is 10.2. The predicted molar refractivity (Wildman–Crippen MR) is 44.4 cm³/mol. The molecule has 0 rings (SSSR count). The van der Waals surface area contributed by atoms with Gasteiger partial charge in [0.05, 0.1) is 0 Å². The third-order valence-corrected chi connectivity index (χ3v) is 1.90. The molecular weight excluding hydrogens is 200 g/mol. The first-order chi connectivity index (χ1) is 6.31. The second-order valence-corrected chi connectivity index (χ2v) is 3.02. The van der Waals surface area contributed by atoms with Gasteiger partial charge in [-0.2, -0.15) is 5.26 Å². The molecule has 2 N–H and O–H groups in total. The molecule has 0 saturated heterocycles. The number of rotatable bonds is 8. The molecule has 0 spiro atoms. The van der Waals surface area contributed by atoms with E-state index in [1.54, 1.807) is 0 Å². The summed E-state index contributed by atoms with van der Waals surface area (Å²) in [6.45, 7) is 0. The van der Waals surface area contributed by atoms with Crippen LogP contribution in [0.25, 0.3) is 0 Å². The van der Waals surface area contributed by atoms with Crippen molar-refractivity contribution < 1.29 is 29.6 Å². The Morgan fingerprint density at radius 1 is 1.23 bits per heavy atom. The van der Waals surface area contributed by atoms with E-state index < -0.39 is 5.97 Å².